The standard InChI is InChI=1S/C23H26N2O4S/c1-16-8-7-10-19(17(16)2)24-21(26)14-29-23(28)18-9-3-4-11-20(18)30-15-22(27)25-12-5-6-13-25/h3-4,7-11H,5-6,12-15H2,1-2H3,(H,24,26). The molecule has 1 fully saturated rings. The lowest BCUT2D eigenvalue weighted by Crippen LogP contribution is -2.29. The van der Waals surface area contributed by atoms with Gasteiger partial charge in [0.1, 0.15) is 0 Å². The second-order valence-electron chi connectivity index (χ2n) is 7.24. The molecule has 2 aromatic rings. The summed E-state index contributed by atoms with van der Waals surface area (Å²) in [5, 5.41) is 2.77. The van der Waals surface area contributed by atoms with E-state index < -0.39 is 11.9 Å². The average Bonchev–Trinajstić information content (AvgIpc) is 3.29. The summed E-state index contributed by atoms with van der Waals surface area (Å²) in [6.07, 6.45) is 2.09. The first-order chi connectivity index (χ1) is 14.5. The first kappa shape index (κ1) is 21.9. The number of aryl methyl sites for hydroxylation is 1. The van der Waals surface area contributed by atoms with Gasteiger partial charge in [-0.25, -0.2) is 4.79 Å². The van der Waals surface area contributed by atoms with Crippen LogP contribution in [-0.4, -0.2) is 48.1 Å². The van der Waals surface area contributed by atoms with Gasteiger partial charge in [0.15, 0.2) is 6.61 Å². The lowest BCUT2D eigenvalue weighted by molar-refractivity contribution is -0.127. The van der Waals surface area contributed by atoms with Gasteiger partial charge in [0, 0.05) is 23.7 Å². The van der Waals surface area contributed by atoms with Crippen LogP contribution in [0.4, 0.5) is 5.69 Å². The van der Waals surface area contributed by atoms with Crippen molar-refractivity contribution in [1.29, 1.82) is 0 Å². The lowest BCUT2D eigenvalue weighted by Gasteiger charge is -2.15. The van der Waals surface area contributed by atoms with Gasteiger partial charge in [0.05, 0.1) is 11.3 Å². The zero-order chi connectivity index (χ0) is 21.5. The molecule has 1 N–H and O–H groups in total. The summed E-state index contributed by atoms with van der Waals surface area (Å²) in [4.78, 5) is 39.5. The molecular weight excluding hydrogens is 400 g/mol. The molecule has 1 aliphatic rings. The maximum Gasteiger partial charge on any atom is 0.339 e. The molecule has 0 atom stereocenters. The minimum atomic E-state index is -0.581. The lowest BCUT2D eigenvalue weighted by atomic mass is 10.1. The molecule has 6 nitrogen and oxygen atoms in total. The van der Waals surface area contributed by atoms with Crippen molar-refractivity contribution in [2.75, 3.05) is 30.8 Å². The first-order valence-electron chi connectivity index (χ1n) is 9.98. The third-order valence-electron chi connectivity index (χ3n) is 5.13. The van der Waals surface area contributed by atoms with Crippen molar-refractivity contribution in [2.24, 2.45) is 0 Å². The van der Waals surface area contributed by atoms with Crippen LogP contribution in [0.3, 0.4) is 0 Å². The molecule has 0 saturated carbocycles. The van der Waals surface area contributed by atoms with E-state index in [-0.39, 0.29) is 18.3 Å². The van der Waals surface area contributed by atoms with Crippen molar-refractivity contribution in [3.63, 3.8) is 0 Å². The third kappa shape index (κ3) is 5.63. The molecule has 1 aliphatic heterocycles. The maximum atomic E-state index is 12.5. The number of carbonyl (C=O) groups is 3. The Morgan fingerprint density at radius 2 is 1.77 bits per heavy atom. The Labute approximate surface area is 181 Å². The van der Waals surface area contributed by atoms with Crippen molar-refractivity contribution in [2.45, 2.75) is 31.6 Å². The topological polar surface area (TPSA) is 75.7 Å². The Morgan fingerprint density at radius 3 is 2.53 bits per heavy atom. The zero-order valence-electron chi connectivity index (χ0n) is 17.3. The largest absolute Gasteiger partial charge is 0.452 e. The minimum absolute atomic E-state index is 0.0774. The SMILES string of the molecule is Cc1cccc(NC(=O)COC(=O)c2ccccc2SCC(=O)N2CCCC2)c1C. The highest BCUT2D eigenvalue weighted by Crippen LogP contribution is 2.24. The van der Waals surface area contributed by atoms with E-state index in [1.165, 1.54) is 11.8 Å². The van der Waals surface area contributed by atoms with E-state index in [1.807, 2.05) is 43.0 Å². The molecule has 0 aliphatic carbocycles. The van der Waals surface area contributed by atoms with Crippen molar-refractivity contribution in [1.82, 2.24) is 4.90 Å². The number of likely N-dealkylation sites (tertiary alicyclic amines) is 1. The number of amides is 2. The fraction of sp³-hybridized carbons (Fsp3) is 0.348. The van der Waals surface area contributed by atoms with Gasteiger partial charge in [0.25, 0.3) is 5.91 Å². The van der Waals surface area contributed by atoms with E-state index in [2.05, 4.69) is 5.32 Å². The molecule has 158 valence electrons. The molecule has 0 aromatic heterocycles. The number of hydrogen-bond donors (Lipinski definition) is 1. The number of carbonyl (C=O) groups excluding carboxylic acids is 3. The van der Waals surface area contributed by atoms with Crippen LogP contribution in [-0.2, 0) is 14.3 Å². The van der Waals surface area contributed by atoms with Crippen LogP contribution in [0.1, 0.15) is 34.3 Å². The Kier molecular flexibility index (Phi) is 7.52. The minimum Gasteiger partial charge on any atom is -0.452 e. The molecule has 7 heteroatoms. The van der Waals surface area contributed by atoms with E-state index in [0.717, 1.165) is 37.1 Å². The molecule has 1 saturated heterocycles. The number of nitrogens with zero attached hydrogens (tertiary/aromatic N) is 1. The molecule has 0 spiro atoms. The van der Waals surface area contributed by atoms with Crippen LogP contribution in [0.5, 0.6) is 0 Å². The number of thioether (sulfide) groups is 1. The van der Waals surface area contributed by atoms with Gasteiger partial charge in [-0.1, -0.05) is 24.3 Å². The van der Waals surface area contributed by atoms with Crippen molar-refractivity contribution in [3.8, 4) is 0 Å². The third-order valence-corrected chi connectivity index (χ3v) is 6.19. The fourth-order valence-corrected chi connectivity index (χ4v) is 4.18. The van der Waals surface area contributed by atoms with Crippen LogP contribution in [0.2, 0.25) is 0 Å². The molecule has 1 heterocycles. The highest BCUT2D eigenvalue weighted by atomic mass is 32.2. The van der Waals surface area contributed by atoms with E-state index >= 15 is 0 Å². The van der Waals surface area contributed by atoms with Gasteiger partial charge < -0.3 is 15.0 Å². The van der Waals surface area contributed by atoms with Crippen LogP contribution in [0.25, 0.3) is 0 Å². The Hall–Kier alpha value is -2.80. The highest BCUT2D eigenvalue weighted by Gasteiger charge is 2.20. The zero-order valence-corrected chi connectivity index (χ0v) is 18.1. The van der Waals surface area contributed by atoms with Gasteiger partial charge in [-0.3, -0.25) is 9.59 Å². The molecule has 0 unspecified atom stereocenters. The van der Waals surface area contributed by atoms with Gasteiger partial charge >= 0.3 is 5.97 Å². The number of benzene rings is 2. The monoisotopic (exact) mass is 426 g/mol. The number of hydrogen-bond acceptors (Lipinski definition) is 5. The molecule has 30 heavy (non-hydrogen) atoms. The van der Waals surface area contributed by atoms with Crippen molar-refractivity contribution in [3.05, 3.63) is 59.2 Å². The number of ether oxygens (including phenoxy) is 1. The summed E-state index contributed by atoms with van der Waals surface area (Å²) in [5.41, 5.74) is 3.10. The molecule has 3 rings (SSSR count). The normalized spacial score (nSPS) is 13.2. The molecule has 2 aromatic carbocycles. The van der Waals surface area contributed by atoms with Gasteiger partial charge in [-0.05, 0) is 56.0 Å². The molecule has 2 amide bonds. The first-order valence-corrected chi connectivity index (χ1v) is 11.0. The number of anilines is 1. The second kappa shape index (κ2) is 10.3. The number of nitrogens with one attached hydrogen (secondary N) is 1. The predicted molar refractivity (Wildman–Crippen MR) is 118 cm³/mol. The van der Waals surface area contributed by atoms with Crippen LogP contribution in [0.15, 0.2) is 47.4 Å². The average molecular weight is 427 g/mol. The smallest absolute Gasteiger partial charge is 0.339 e. The molecule has 0 radical (unpaired) electrons. The van der Waals surface area contributed by atoms with E-state index in [1.54, 1.807) is 18.2 Å². The van der Waals surface area contributed by atoms with Gasteiger partial charge in [0.2, 0.25) is 5.91 Å². The summed E-state index contributed by atoms with van der Waals surface area (Å²) in [5.74, 6) is -0.625. The summed E-state index contributed by atoms with van der Waals surface area (Å²) >= 11 is 1.32. The summed E-state index contributed by atoms with van der Waals surface area (Å²) in [6.45, 7) is 5.12. The predicted octanol–water partition coefficient (Wildman–Crippen LogP) is 3.81. The Balaban J connectivity index is 1.55. The second-order valence-corrected chi connectivity index (χ2v) is 8.26. The number of rotatable bonds is 7. The van der Waals surface area contributed by atoms with Gasteiger partial charge in [-0.2, -0.15) is 0 Å². The molecular formula is C23H26N2O4S. The summed E-state index contributed by atoms with van der Waals surface area (Å²) in [6, 6.07) is 12.6. The van der Waals surface area contributed by atoms with Gasteiger partial charge in [-0.15, -0.1) is 11.8 Å². The summed E-state index contributed by atoms with van der Waals surface area (Å²) < 4.78 is 5.22. The molecule has 0 bridgehead atoms. The maximum absolute atomic E-state index is 12.5. The highest BCUT2D eigenvalue weighted by molar-refractivity contribution is 8.00. The number of esters is 1. The van der Waals surface area contributed by atoms with Crippen LogP contribution in [0, 0.1) is 13.8 Å². The summed E-state index contributed by atoms with van der Waals surface area (Å²) in [7, 11) is 0. The quantitative estimate of drug-likeness (QED) is 0.538. The van der Waals surface area contributed by atoms with E-state index in [0.29, 0.717) is 16.1 Å². The Morgan fingerprint density at radius 1 is 1.03 bits per heavy atom. The Bertz CT molecular complexity index is 939. The van der Waals surface area contributed by atoms with E-state index in [9.17, 15) is 14.4 Å². The van der Waals surface area contributed by atoms with E-state index in [4.69, 9.17) is 4.74 Å². The van der Waals surface area contributed by atoms with Crippen LogP contribution >= 0.6 is 11.8 Å². The fourth-order valence-electron chi connectivity index (χ4n) is 3.24. The van der Waals surface area contributed by atoms with Crippen LogP contribution < -0.4 is 5.32 Å². The van der Waals surface area contributed by atoms with Crippen molar-refractivity contribution < 1.29 is 19.1 Å². The van der Waals surface area contributed by atoms with Crippen molar-refractivity contribution >= 4 is 35.2 Å².